The lowest BCUT2D eigenvalue weighted by atomic mass is 10.1. The van der Waals surface area contributed by atoms with Crippen LogP contribution in [0.3, 0.4) is 0 Å². The average Bonchev–Trinajstić information content (AvgIpc) is 2.49. The third-order valence-corrected chi connectivity index (χ3v) is 2.81. The van der Waals surface area contributed by atoms with Gasteiger partial charge in [0, 0.05) is 24.4 Å². The SMILES string of the molecule is C=C/C(=C(/NCC(F)(F)F)N(C)F)c1cnc(OC)c(C(=O)O)c1. The Labute approximate surface area is 135 Å². The van der Waals surface area contributed by atoms with Gasteiger partial charge in [0.2, 0.25) is 5.88 Å². The maximum atomic E-state index is 13.6. The van der Waals surface area contributed by atoms with Gasteiger partial charge in [0.1, 0.15) is 17.9 Å². The molecule has 1 heterocycles. The summed E-state index contributed by atoms with van der Waals surface area (Å²) in [6.07, 6.45) is -2.34. The number of carbonyl (C=O) groups is 1. The summed E-state index contributed by atoms with van der Waals surface area (Å²) < 4.78 is 55.5. The van der Waals surface area contributed by atoms with Crippen molar-refractivity contribution in [3.8, 4) is 5.88 Å². The van der Waals surface area contributed by atoms with E-state index in [4.69, 9.17) is 9.84 Å². The zero-order chi connectivity index (χ0) is 18.5. The normalized spacial score (nSPS) is 12.2. The molecule has 1 rings (SSSR count). The fourth-order valence-corrected chi connectivity index (χ4v) is 1.82. The summed E-state index contributed by atoms with van der Waals surface area (Å²) in [5.74, 6) is -2.08. The van der Waals surface area contributed by atoms with Gasteiger partial charge in [-0.1, -0.05) is 17.1 Å². The summed E-state index contributed by atoms with van der Waals surface area (Å²) in [5.41, 5.74) is -0.370. The maximum absolute atomic E-state index is 13.6. The molecule has 0 atom stereocenters. The van der Waals surface area contributed by atoms with Crippen LogP contribution in [0.15, 0.2) is 30.7 Å². The quantitative estimate of drug-likeness (QED) is 0.448. The van der Waals surface area contributed by atoms with Crippen molar-refractivity contribution in [3.63, 3.8) is 0 Å². The second-order valence-electron chi connectivity index (χ2n) is 4.50. The van der Waals surface area contributed by atoms with E-state index in [2.05, 4.69) is 11.6 Å². The molecular weight excluding hydrogens is 334 g/mol. The maximum Gasteiger partial charge on any atom is 0.405 e. The largest absolute Gasteiger partial charge is 0.480 e. The molecule has 0 saturated carbocycles. The fraction of sp³-hybridized carbons (Fsp3) is 0.286. The van der Waals surface area contributed by atoms with Gasteiger partial charge in [0.05, 0.1) is 7.11 Å². The zero-order valence-electron chi connectivity index (χ0n) is 12.8. The van der Waals surface area contributed by atoms with Gasteiger partial charge in [-0.2, -0.15) is 18.3 Å². The molecule has 0 amide bonds. The molecule has 0 unspecified atom stereocenters. The van der Waals surface area contributed by atoms with Crippen LogP contribution in [0.5, 0.6) is 5.88 Å². The number of aromatic carboxylic acids is 1. The minimum absolute atomic E-state index is 0.0531. The number of nitrogens with one attached hydrogen (secondary N) is 1. The highest BCUT2D eigenvalue weighted by atomic mass is 19.4. The van der Waals surface area contributed by atoms with Gasteiger partial charge in [-0.3, -0.25) is 0 Å². The van der Waals surface area contributed by atoms with Crippen LogP contribution in [0.1, 0.15) is 15.9 Å². The van der Waals surface area contributed by atoms with Gasteiger partial charge in [-0.15, -0.1) is 0 Å². The number of rotatable bonds is 7. The van der Waals surface area contributed by atoms with E-state index in [1.807, 2.05) is 5.32 Å². The molecule has 0 saturated heterocycles. The van der Waals surface area contributed by atoms with Crippen LogP contribution >= 0.6 is 0 Å². The summed E-state index contributed by atoms with van der Waals surface area (Å²) in [5, 5.41) is 11.0. The van der Waals surface area contributed by atoms with Crippen molar-refractivity contribution >= 4 is 11.5 Å². The Balaban J connectivity index is 3.41. The summed E-state index contributed by atoms with van der Waals surface area (Å²) in [7, 11) is 2.10. The van der Waals surface area contributed by atoms with Crippen molar-refractivity contribution in [2.45, 2.75) is 6.18 Å². The van der Waals surface area contributed by atoms with Crippen LogP contribution in [-0.2, 0) is 0 Å². The number of hydrogen-bond donors (Lipinski definition) is 2. The highest BCUT2D eigenvalue weighted by Crippen LogP contribution is 2.25. The molecule has 1 aromatic rings. The third kappa shape index (κ3) is 4.86. The standard InChI is InChI=1S/C14H15F4N3O3/c1-4-9(11(21(2)18)20-7-14(15,16)17)8-5-10(13(22)23)12(24-3)19-6-8/h4-6,20H,1,7H2,2-3H3,(H,22,23)/b11-9+. The van der Waals surface area contributed by atoms with Gasteiger partial charge < -0.3 is 15.2 Å². The molecule has 2 N–H and O–H groups in total. The number of carboxylic acids is 1. The smallest absolute Gasteiger partial charge is 0.405 e. The van der Waals surface area contributed by atoms with Crippen molar-refractivity contribution in [1.82, 2.24) is 15.4 Å². The molecule has 0 bridgehead atoms. The second kappa shape index (κ2) is 7.66. The average molecular weight is 349 g/mol. The summed E-state index contributed by atoms with van der Waals surface area (Å²) in [6.45, 7) is 1.94. The van der Waals surface area contributed by atoms with Crippen LogP contribution in [0.2, 0.25) is 0 Å². The van der Waals surface area contributed by atoms with E-state index in [1.54, 1.807) is 0 Å². The van der Waals surface area contributed by atoms with Crippen molar-refractivity contribution in [3.05, 3.63) is 41.9 Å². The van der Waals surface area contributed by atoms with E-state index >= 15 is 0 Å². The lowest BCUT2D eigenvalue weighted by Gasteiger charge is -2.20. The summed E-state index contributed by atoms with van der Waals surface area (Å²) in [4.78, 5) is 15.0. The number of ether oxygens (including phenoxy) is 1. The Morgan fingerprint density at radius 2 is 2.17 bits per heavy atom. The summed E-state index contributed by atoms with van der Waals surface area (Å²) >= 11 is 0. The van der Waals surface area contributed by atoms with E-state index in [0.717, 1.165) is 25.4 Å². The number of alkyl halides is 3. The predicted molar refractivity (Wildman–Crippen MR) is 77.8 cm³/mol. The van der Waals surface area contributed by atoms with E-state index < -0.39 is 24.5 Å². The van der Waals surface area contributed by atoms with E-state index in [9.17, 15) is 22.4 Å². The van der Waals surface area contributed by atoms with Gasteiger partial charge in [0.15, 0.2) is 0 Å². The lowest BCUT2D eigenvalue weighted by Crippen LogP contribution is -2.33. The molecule has 0 spiro atoms. The van der Waals surface area contributed by atoms with Crippen molar-refractivity contribution in [2.75, 3.05) is 20.7 Å². The third-order valence-electron chi connectivity index (χ3n) is 2.81. The fourth-order valence-electron chi connectivity index (χ4n) is 1.82. The Bertz CT molecular complexity index is 657. The number of allylic oxidation sites excluding steroid dienone is 2. The monoisotopic (exact) mass is 349 g/mol. The number of aromatic nitrogens is 1. The van der Waals surface area contributed by atoms with E-state index in [0.29, 0.717) is 0 Å². The molecule has 0 aliphatic heterocycles. The summed E-state index contributed by atoms with van der Waals surface area (Å²) in [6, 6.07) is 1.10. The molecule has 0 aliphatic rings. The van der Waals surface area contributed by atoms with Crippen molar-refractivity contribution in [1.29, 1.82) is 0 Å². The Kier molecular flexibility index (Phi) is 6.15. The minimum atomic E-state index is -4.57. The number of methoxy groups -OCH3 is 1. The predicted octanol–water partition coefficient (Wildman–Crippen LogP) is 2.61. The number of hydrogen-bond acceptors (Lipinski definition) is 5. The van der Waals surface area contributed by atoms with Crippen LogP contribution in [0.25, 0.3) is 5.57 Å². The van der Waals surface area contributed by atoms with E-state index in [-0.39, 0.29) is 27.7 Å². The number of nitrogens with zero attached hydrogens (tertiary/aromatic N) is 2. The number of carboxylic acid groups (broad SMARTS) is 1. The van der Waals surface area contributed by atoms with Gasteiger partial charge in [-0.05, 0) is 6.07 Å². The Morgan fingerprint density at radius 3 is 2.58 bits per heavy atom. The molecular formula is C14H15F4N3O3. The van der Waals surface area contributed by atoms with Gasteiger partial charge >= 0.3 is 12.1 Å². The highest BCUT2D eigenvalue weighted by molar-refractivity contribution is 5.92. The zero-order valence-corrected chi connectivity index (χ0v) is 12.8. The van der Waals surface area contributed by atoms with Crippen molar-refractivity contribution in [2.24, 2.45) is 0 Å². The molecule has 0 aliphatic carbocycles. The molecule has 0 aromatic carbocycles. The second-order valence-corrected chi connectivity index (χ2v) is 4.50. The molecule has 0 radical (unpaired) electrons. The highest BCUT2D eigenvalue weighted by Gasteiger charge is 2.28. The van der Waals surface area contributed by atoms with Gasteiger partial charge in [0.25, 0.3) is 0 Å². The van der Waals surface area contributed by atoms with Crippen LogP contribution < -0.4 is 10.1 Å². The molecule has 24 heavy (non-hydrogen) atoms. The van der Waals surface area contributed by atoms with Crippen molar-refractivity contribution < 1.29 is 32.3 Å². The molecule has 1 aromatic heterocycles. The minimum Gasteiger partial charge on any atom is -0.480 e. The van der Waals surface area contributed by atoms with E-state index in [1.165, 1.54) is 7.11 Å². The van der Waals surface area contributed by atoms with Gasteiger partial charge in [-0.25, -0.2) is 9.78 Å². The number of halogens is 4. The molecule has 0 fully saturated rings. The topological polar surface area (TPSA) is 74.7 Å². The first kappa shape index (κ1) is 19.3. The molecule has 132 valence electrons. The number of pyridine rings is 1. The van der Waals surface area contributed by atoms with Crippen LogP contribution in [0, 0.1) is 0 Å². The van der Waals surface area contributed by atoms with Crippen LogP contribution in [0.4, 0.5) is 17.7 Å². The Morgan fingerprint density at radius 1 is 1.54 bits per heavy atom. The lowest BCUT2D eigenvalue weighted by molar-refractivity contribution is -0.125. The molecule has 10 heteroatoms. The first-order chi connectivity index (χ1) is 11.1. The Hall–Kier alpha value is -2.78. The first-order valence-electron chi connectivity index (χ1n) is 6.45. The molecule has 6 nitrogen and oxygen atoms in total. The van der Waals surface area contributed by atoms with Crippen LogP contribution in [-0.4, -0.2) is 48.1 Å². The first-order valence-corrected chi connectivity index (χ1v) is 6.45.